The van der Waals surface area contributed by atoms with Crippen molar-refractivity contribution in [3.63, 3.8) is 0 Å². The van der Waals surface area contributed by atoms with Crippen molar-refractivity contribution in [3.8, 4) is 0 Å². The Hall–Kier alpha value is -1.82. The third kappa shape index (κ3) is 4.82. The Labute approximate surface area is 142 Å². The SMILES string of the molecule is Cc1cc(C)n(CC(C)CNC(=O)N(C)Cc2sccc2C)n1. The fourth-order valence-electron chi connectivity index (χ4n) is 2.47. The lowest BCUT2D eigenvalue weighted by Gasteiger charge is -2.20. The van der Waals surface area contributed by atoms with Crippen LogP contribution in [0.3, 0.4) is 0 Å². The van der Waals surface area contributed by atoms with Gasteiger partial charge < -0.3 is 10.2 Å². The quantitative estimate of drug-likeness (QED) is 0.881. The van der Waals surface area contributed by atoms with Crippen LogP contribution in [0.5, 0.6) is 0 Å². The Morgan fingerprint density at radius 2 is 2.17 bits per heavy atom. The maximum Gasteiger partial charge on any atom is 0.317 e. The van der Waals surface area contributed by atoms with E-state index >= 15 is 0 Å². The number of thiophene rings is 1. The van der Waals surface area contributed by atoms with Gasteiger partial charge in [-0.25, -0.2) is 4.79 Å². The average molecular weight is 334 g/mol. The van der Waals surface area contributed by atoms with Gasteiger partial charge in [0.1, 0.15) is 0 Å². The maximum atomic E-state index is 12.2. The Kier molecular flexibility index (Phi) is 5.82. The summed E-state index contributed by atoms with van der Waals surface area (Å²) < 4.78 is 2.00. The Bertz CT molecular complexity index is 661. The number of amides is 2. The number of nitrogens with one attached hydrogen (secondary N) is 1. The van der Waals surface area contributed by atoms with Crippen molar-refractivity contribution in [2.45, 2.75) is 40.8 Å². The lowest BCUT2D eigenvalue weighted by atomic mass is 10.2. The molecule has 1 N–H and O–H groups in total. The van der Waals surface area contributed by atoms with Gasteiger partial charge in [0.2, 0.25) is 0 Å². The van der Waals surface area contributed by atoms with Gasteiger partial charge in [-0.05, 0) is 49.8 Å². The second-order valence-electron chi connectivity index (χ2n) is 6.28. The normalized spacial score (nSPS) is 12.2. The summed E-state index contributed by atoms with van der Waals surface area (Å²) in [5.41, 5.74) is 3.43. The molecule has 2 aromatic rings. The number of carbonyl (C=O) groups is 1. The van der Waals surface area contributed by atoms with Crippen molar-refractivity contribution in [3.05, 3.63) is 39.3 Å². The van der Waals surface area contributed by atoms with Crippen LogP contribution in [0.1, 0.15) is 28.8 Å². The van der Waals surface area contributed by atoms with Crippen molar-refractivity contribution >= 4 is 17.4 Å². The molecule has 1 unspecified atom stereocenters. The smallest absolute Gasteiger partial charge is 0.317 e. The van der Waals surface area contributed by atoms with E-state index in [4.69, 9.17) is 0 Å². The van der Waals surface area contributed by atoms with Crippen LogP contribution in [0.25, 0.3) is 0 Å². The van der Waals surface area contributed by atoms with E-state index in [0.29, 0.717) is 19.0 Å². The van der Waals surface area contributed by atoms with E-state index in [2.05, 4.69) is 48.7 Å². The minimum Gasteiger partial charge on any atom is -0.338 e. The van der Waals surface area contributed by atoms with Gasteiger partial charge in [-0.3, -0.25) is 4.68 Å². The molecule has 6 heteroatoms. The van der Waals surface area contributed by atoms with Crippen LogP contribution in [0.2, 0.25) is 0 Å². The molecule has 1 atom stereocenters. The van der Waals surface area contributed by atoms with Gasteiger partial charge in [0.05, 0.1) is 12.2 Å². The van der Waals surface area contributed by atoms with E-state index < -0.39 is 0 Å². The van der Waals surface area contributed by atoms with Gasteiger partial charge in [0.15, 0.2) is 0 Å². The highest BCUT2D eigenvalue weighted by molar-refractivity contribution is 7.10. The van der Waals surface area contributed by atoms with Crippen molar-refractivity contribution < 1.29 is 4.79 Å². The fourth-order valence-corrected chi connectivity index (χ4v) is 3.43. The first-order valence-electron chi connectivity index (χ1n) is 7.89. The van der Waals surface area contributed by atoms with Gasteiger partial charge in [0.25, 0.3) is 0 Å². The van der Waals surface area contributed by atoms with Crippen LogP contribution < -0.4 is 5.32 Å². The Morgan fingerprint density at radius 1 is 1.43 bits per heavy atom. The molecule has 5 nitrogen and oxygen atoms in total. The predicted molar refractivity (Wildman–Crippen MR) is 94.8 cm³/mol. The first-order chi connectivity index (χ1) is 10.9. The van der Waals surface area contributed by atoms with Crippen LogP contribution in [0.4, 0.5) is 4.79 Å². The fraction of sp³-hybridized carbons (Fsp3) is 0.529. The van der Waals surface area contributed by atoms with Crippen LogP contribution >= 0.6 is 11.3 Å². The molecule has 0 radical (unpaired) electrons. The third-order valence-electron chi connectivity index (χ3n) is 3.89. The summed E-state index contributed by atoms with van der Waals surface area (Å²) in [4.78, 5) is 15.2. The summed E-state index contributed by atoms with van der Waals surface area (Å²) in [5, 5.41) is 9.54. The van der Waals surface area contributed by atoms with Gasteiger partial charge >= 0.3 is 6.03 Å². The van der Waals surface area contributed by atoms with Gasteiger partial charge in [-0.1, -0.05) is 6.92 Å². The molecular weight excluding hydrogens is 308 g/mol. The number of aryl methyl sites for hydroxylation is 3. The van der Waals surface area contributed by atoms with E-state index in [1.54, 1.807) is 16.2 Å². The van der Waals surface area contributed by atoms with Crippen LogP contribution in [-0.2, 0) is 13.1 Å². The molecule has 0 spiro atoms. The number of urea groups is 1. The van der Waals surface area contributed by atoms with Gasteiger partial charge in [-0.15, -0.1) is 11.3 Å². The molecule has 2 aromatic heterocycles. The topological polar surface area (TPSA) is 50.2 Å². The zero-order valence-electron chi connectivity index (χ0n) is 14.6. The van der Waals surface area contributed by atoms with Gasteiger partial charge in [0, 0.05) is 30.7 Å². The number of hydrogen-bond acceptors (Lipinski definition) is 3. The summed E-state index contributed by atoms with van der Waals surface area (Å²) in [6.07, 6.45) is 0. The van der Waals surface area contributed by atoms with E-state index in [0.717, 1.165) is 17.9 Å². The molecule has 0 aliphatic rings. The highest BCUT2D eigenvalue weighted by Gasteiger charge is 2.13. The van der Waals surface area contributed by atoms with Crippen LogP contribution in [0, 0.1) is 26.7 Å². The lowest BCUT2D eigenvalue weighted by Crippen LogP contribution is -2.39. The van der Waals surface area contributed by atoms with Gasteiger partial charge in [-0.2, -0.15) is 5.10 Å². The third-order valence-corrected chi connectivity index (χ3v) is 4.89. The molecule has 0 aliphatic heterocycles. The number of rotatable bonds is 6. The number of carbonyl (C=O) groups excluding carboxylic acids is 1. The molecule has 2 rings (SSSR count). The number of hydrogen-bond donors (Lipinski definition) is 1. The monoisotopic (exact) mass is 334 g/mol. The summed E-state index contributed by atoms with van der Waals surface area (Å²) >= 11 is 1.69. The van der Waals surface area contributed by atoms with E-state index in [-0.39, 0.29) is 6.03 Å². The minimum atomic E-state index is -0.0296. The zero-order chi connectivity index (χ0) is 17.0. The summed E-state index contributed by atoms with van der Waals surface area (Å²) in [7, 11) is 1.83. The first-order valence-corrected chi connectivity index (χ1v) is 8.77. The van der Waals surface area contributed by atoms with E-state index in [1.165, 1.54) is 10.4 Å². The summed E-state index contributed by atoms with van der Waals surface area (Å²) in [6.45, 7) is 10.4. The molecular formula is C17H26N4OS. The first kappa shape index (κ1) is 17.5. The van der Waals surface area contributed by atoms with Crippen LogP contribution in [-0.4, -0.2) is 34.3 Å². The van der Waals surface area contributed by atoms with Crippen molar-refractivity contribution in [2.24, 2.45) is 5.92 Å². The number of nitrogens with zero attached hydrogens (tertiary/aromatic N) is 3. The van der Waals surface area contributed by atoms with Crippen molar-refractivity contribution in [2.75, 3.05) is 13.6 Å². The Balaban J connectivity index is 1.79. The second-order valence-corrected chi connectivity index (χ2v) is 7.28. The lowest BCUT2D eigenvalue weighted by molar-refractivity contribution is 0.205. The second kappa shape index (κ2) is 7.64. The van der Waals surface area contributed by atoms with Crippen LogP contribution in [0.15, 0.2) is 17.5 Å². The molecule has 2 heterocycles. The van der Waals surface area contributed by atoms with Crippen molar-refractivity contribution in [1.82, 2.24) is 20.0 Å². The van der Waals surface area contributed by atoms with Crippen molar-refractivity contribution in [1.29, 1.82) is 0 Å². The summed E-state index contributed by atoms with van der Waals surface area (Å²) in [6, 6.07) is 4.13. The standard InChI is InChI=1S/C17H26N4OS/c1-12(10-21-15(4)8-14(3)19-21)9-18-17(22)20(5)11-16-13(2)6-7-23-16/h6-8,12H,9-11H2,1-5H3,(H,18,22). The zero-order valence-corrected chi connectivity index (χ0v) is 15.4. The Morgan fingerprint density at radius 3 is 2.74 bits per heavy atom. The highest BCUT2D eigenvalue weighted by Crippen LogP contribution is 2.17. The molecule has 0 aliphatic carbocycles. The molecule has 0 saturated carbocycles. The average Bonchev–Trinajstić information content (AvgIpc) is 3.02. The molecule has 0 fully saturated rings. The predicted octanol–water partition coefficient (Wildman–Crippen LogP) is 3.35. The molecule has 23 heavy (non-hydrogen) atoms. The maximum absolute atomic E-state index is 12.2. The number of aromatic nitrogens is 2. The highest BCUT2D eigenvalue weighted by atomic mass is 32.1. The molecule has 2 amide bonds. The summed E-state index contributed by atoms with van der Waals surface area (Å²) in [5.74, 6) is 0.328. The van der Waals surface area contributed by atoms with E-state index in [1.807, 2.05) is 18.7 Å². The molecule has 0 bridgehead atoms. The molecule has 0 aromatic carbocycles. The van der Waals surface area contributed by atoms with E-state index in [9.17, 15) is 4.79 Å². The molecule has 0 saturated heterocycles. The largest absolute Gasteiger partial charge is 0.338 e. The molecule has 126 valence electrons. The minimum absolute atomic E-state index is 0.0296.